The predicted octanol–water partition coefficient (Wildman–Crippen LogP) is 1.57. The van der Waals surface area contributed by atoms with Crippen LogP contribution in [0.15, 0.2) is 24.3 Å². The van der Waals surface area contributed by atoms with Crippen molar-refractivity contribution < 1.29 is 14.4 Å². The molecule has 0 aromatic heterocycles. The highest BCUT2D eigenvalue weighted by Crippen LogP contribution is 2.31. The van der Waals surface area contributed by atoms with Crippen molar-refractivity contribution in [1.82, 2.24) is 15.1 Å². The third-order valence-electron chi connectivity index (χ3n) is 5.09. The molecule has 7 nitrogen and oxygen atoms in total. The molecular weight excluding hydrogens is 356 g/mol. The zero-order valence-electron chi connectivity index (χ0n) is 16.7. The monoisotopic (exact) mass is 386 g/mol. The van der Waals surface area contributed by atoms with Crippen LogP contribution in [0.1, 0.15) is 37.0 Å². The van der Waals surface area contributed by atoms with E-state index >= 15 is 0 Å². The van der Waals surface area contributed by atoms with Crippen molar-refractivity contribution in [2.75, 3.05) is 44.6 Å². The Hall–Kier alpha value is -2.41. The van der Waals surface area contributed by atoms with Crippen LogP contribution >= 0.6 is 0 Å². The second-order valence-electron chi connectivity index (χ2n) is 8.07. The number of nitrogens with one attached hydrogen (secondary N) is 2. The van der Waals surface area contributed by atoms with Crippen LogP contribution in [0.3, 0.4) is 0 Å². The van der Waals surface area contributed by atoms with Gasteiger partial charge in [-0.3, -0.25) is 19.3 Å². The highest BCUT2D eigenvalue weighted by molar-refractivity contribution is 6.04. The van der Waals surface area contributed by atoms with Crippen LogP contribution in [-0.4, -0.2) is 66.8 Å². The van der Waals surface area contributed by atoms with Gasteiger partial charge in [-0.15, -0.1) is 0 Å². The Labute approximate surface area is 166 Å². The summed E-state index contributed by atoms with van der Waals surface area (Å²) in [5.41, 5.74) is 0.993. The summed E-state index contributed by atoms with van der Waals surface area (Å²) in [5.74, 6) is 0.540. The Kier molecular flexibility index (Phi) is 6.67. The Morgan fingerprint density at radius 2 is 1.75 bits per heavy atom. The molecule has 0 unspecified atom stereocenters. The molecule has 152 valence electrons. The Morgan fingerprint density at radius 3 is 2.39 bits per heavy atom. The SMILES string of the molecule is CC(C)CNC(=O)c1ccccc1NC(=O)CN1CCN(C(=O)C2CC2)CC1. The molecule has 2 aliphatic rings. The lowest BCUT2D eigenvalue weighted by Crippen LogP contribution is -2.50. The zero-order chi connectivity index (χ0) is 20.1. The minimum Gasteiger partial charge on any atom is -0.352 e. The third-order valence-corrected chi connectivity index (χ3v) is 5.09. The molecule has 1 saturated heterocycles. The normalized spacial score (nSPS) is 17.5. The largest absolute Gasteiger partial charge is 0.352 e. The fourth-order valence-corrected chi connectivity index (χ4v) is 3.29. The summed E-state index contributed by atoms with van der Waals surface area (Å²) in [6, 6.07) is 7.05. The predicted molar refractivity (Wildman–Crippen MR) is 108 cm³/mol. The van der Waals surface area contributed by atoms with E-state index in [0.717, 1.165) is 12.8 Å². The quantitative estimate of drug-likeness (QED) is 0.745. The van der Waals surface area contributed by atoms with Crippen molar-refractivity contribution >= 4 is 23.4 Å². The second kappa shape index (κ2) is 9.19. The van der Waals surface area contributed by atoms with E-state index in [2.05, 4.69) is 10.6 Å². The molecule has 0 bridgehead atoms. The number of carbonyl (C=O) groups excluding carboxylic acids is 3. The van der Waals surface area contributed by atoms with E-state index in [0.29, 0.717) is 49.9 Å². The van der Waals surface area contributed by atoms with Crippen molar-refractivity contribution in [2.24, 2.45) is 11.8 Å². The zero-order valence-corrected chi connectivity index (χ0v) is 16.7. The van der Waals surface area contributed by atoms with Gasteiger partial charge in [0.05, 0.1) is 17.8 Å². The van der Waals surface area contributed by atoms with Gasteiger partial charge in [0.25, 0.3) is 5.91 Å². The number of benzene rings is 1. The lowest BCUT2D eigenvalue weighted by Gasteiger charge is -2.34. The number of anilines is 1. The number of rotatable bonds is 7. The molecular formula is C21H30N4O3. The summed E-state index contributed by atoms with van der Waals surface area (Å²) in [4.78, 5) is 41.0. The minimum absolute atomic E-state index is 0.147. The van der Waals surface area contributed by atoms with Crippen LogP contribution in [0.25, 0.3) is 0 Å². The lowest BCUT2D eigenvalue weighted by molar-refractivity contribution is -0.134. The molecule has 2 N–H and O–H groups in total. The molecule has 1 aromatic rings. The van der Waals surface area contributed by atoms with E-state index in [9.17, 15) is 14.4 Å². The highest BCUT2D eigenvalue weighted by Gasteiger charge is 2.34. The maximum atomic E-state index is 12.5. The number of para-hydroxylation sites is 1. The number of hydrogen-bond acceptors (Lipinski definition) is 4. The number of carbonyl (C=O) groups is 3. The summed E-state index contributed by atoms with van der Waals surface area (Å²) in [7, 11) is 0. The van der Waals surface area contributed by atoms with Crippen molar-refractivity contribution in [3.63, 3.8) is 0 Å². The number of hydrogen-bond donors (Lipinski definition) is 2. The topological polar surface area (TPSA) is 81.8 Å². The van der Waals surface area contributed by atoms with Gasteiger partial charge >= 0.3 is 0 Å². The first kappa shape index (κ1) is 20.3. The summed E-state index contributed by atoms with van der Waals surface area (Å²) >= 11 is 0. The minimum atomic E-state index is -0.184. The Balaban J connectivity index is 1.50. The molecule has 2 fully saturated rings. The summed E-state index contributed by atoms with van der Waals surface area (Å²) < 4.78 is 0. The molecule has 1 aliphatic carbocycles. The van der Waals surface area contributed by atoms with Gasteiger partial charge in [0.2, 0.25) is 11.8 Å². The number of piperazine rings is 1. The van der Waals surface area contributed by atoms with Gasteiger partial charge in [0.1, 0.15) is 0 Å². The fraction of sp³-hybridized carbons (Fsp3) is 0.571. The molecule has 3 rings (SSSR count). The van der Waals surface area contributed by atoms with Crippen molar-refractivity contribution in [1.29, 1.82) is 0 Å². The molecule has 0 spiro atoms. The van der Waals surface area contributed by atoms with Crippen LogP contribution in [0.5, 0.6) is 0 Å². The van der Waals surface area contributed by atoms with Crippen LogP contribution in [-0.2, 0) is 9.59 Å². The van der Waals surface area contributed by atoms with Crippen LogP contribution in [0.4, 0.5) is 5.69 Å². The van der Waals surface area contributed by atoms with E-state index in [1.807, 2.05) is 23.6 Å². The maximum Gasteiger partial charge on any atom is 0.253 e. The molecule has 1 heterocycles. The van der Waals surface area contributed by atoms with Crippen LogP contribution in [0.2, 0.25) is 0 Å². The van der Waals surface area contributed by atoms with Crippen LogP contribution in [0, 0.1) is 11.8 Å². The highest BCUT2D eigenvalue weighted by atomic mass is 16.2. The summed E-state index contributed by atoms with van der Waals surface area (Å²) in [6.07, 6.45) is 2.04. The second-order valence-corrected chi connectivity index (χ2v) is 8.07. The van der Waals surface area contributed by atoms with Gasteiger partial charge in [0.15, 0.2) is 0 Å². The van der Waals surface area contributed by atoms with Crippen LogP contribution < -0.4 is 10.6 Å². The molecule has 1 aliphatic heterocycles. The van der Waals surface area contributed by atoms with E-state index in [1.54, 1.807) is 24.3 Å². The van der Waals surface area contributed by atoms with Crippen molar-refractivity contribution in [2.45, 2.75) is 26.7 Å². The van der Waals surface area contributed by atoms with E-state index in [-0.39, 0.29) is 30.2 Å². The first-order valence-corrected chi connectivity index (χ1v) is 10.1. The van der Waals surface area contributed by atoms with Gasteiger partial charge in [-0.05, 0) is 30.9 Å². The smallest absolute Gasteiger partial charge is 0.253 e. The molecule has 0 atom stereocenters. The standard InChI is InChI=1S/C21H30N4O3/c1-15(2)13-22-20(27)17-5-3-4-6-18(17)23-19(26)14-24-9-11-25(12-10-24)21(28)16-7-8-16/h3-6,15-16H,7-14H2,1-2H3,(H,22,27)(H,23,26). The van der Waals surface area contributed by atoms with Gasteiger partial charge in [-0.1, -0.05) is 26.0 Å². The van der Waals surface area contributed by atoms with E-state index < -0.39 is 0 Å². The van der Waals surface area contributed by atoms with Gasteiger partial charge < -0.3 is 15.5 Å². The average Bonchev–Trinajstić information content (AvgIpc) is 3.52. The molecule has 1 aromatic carbocycles. The van der Waals surface area contributed by atoms with Crippen molar-refractivity contribution in [3.8, 4) is 0 Å². The molecule has 28 heavy (non-hydrogen) atoms. The van der Waals surface area contributed by atoms with Crippen molar-refractivity contribution in [3.05, 3.63) is 29.8 Å². The van der Waals surface area contributed by atoms with Gasteiger partial charge in [-0.25, -0.2) is 0 Å². The molecule has 1 saturated carbocycles. The number of nitrogens with zero attached hydrogens (tertiary/aromatic N) is 2. The first-order valence-electron chi connectivity index (χ1n) is 10.1. The lowest BCUT2D eigenvalue weighted by atomic mass is 10.1. The summed E-state index contributed by atoms with van der Waals surface area (Å²) in [5, 5.41) is 5.75. The van der Waals surface area contributed by atoms with Gasteiger partial charge in [0, 0.05) is 38.6 Å². The van der Waals surface area contributed by atoms with Gasteiger partial charge in [-0.2, -0.15) is 0 Å². The Bertz CT molecular complexity index is 722. The third kappa shape index (κ3) is 5.55. The summed E-state index contributed by atoms with van der Waals surface area (Å²) in [6.45, 7) is 7.66. The van der Waals surface area contributed by atoms with E-state index in [4.69, 9.17) is 0 Å². The average molecular weight is 386 g/mol. The Morgan fingerprint density at radius 1 is 1.07 bits per heavy atom. The molecule has 3 amide bonds. The maximum absolute atomic E-state index is 12.5. The molecule has 0 radical (unpaired) electrons. The first-order chi connectivity index (χ1) is 13.4. The fourth-order valence-electron chi connectivity index (χ4n) is 3.29. The van der Waals surface area contributed by atoms with E-state index in [1.165, 1.54) is 0 Å². The molecule has 7 heteroatoms. The number of amides is 3.